The minimum atomic E-state index is -3.67. The molecule has 2 fully saturated rings. The van der Waals surface area contributed by atoms with Crippen molar-refractivity contribution in [2.24, 2.45) is 0 Å². The zero-order valence-electron chi connectivity index (χ0n) is 15.8. The van der Waals surface area contributed by atoms with E-state index in [1.165, 1.54) is 22.7 Å². The summed E-state index contributed by atoms with van der Waals surface area (Å²) in [4.78, 5) is 26.5. The van der Waals surface area contributed by atoms with E-state index in [1.807, 2.05) is 0 Å². The van der Waals surface area contributed by atoms with Crippen LogP contribution in [0, 0.1) is 0 Å². The third-order valence-corrected chi connectivity index (χ3v) is 7.03. The van der Waals surface area contributed by atoms with E-state index in [1.54, 1.807) is 31.2 Å². The first kappa shape index (κ1) is 19.6. The molecule has 0 radical (unpaired) electrons. The van der Waals surface area contributed by atoms with Gasteiger partial charge in [-0.15, -0.1) is 0 Å². The van der Waals surface area contributed by atoms with Crippen molar-refractivity contribution in [3.05, 3.63) is 54.0 Å². The minimum absolute atomic E-state index is 0.0482. The summed E-state index contributed by atoms with van der Waals surface area (Å²) in [5, 5.41) is 2.65. The SMILES string of the molecule is CC1(c2ccco2)NC(=O)N(Cc2cccc(S(=O)(=O)N3CCOCC3)c2)C1=O. The van der Waals surface area contributed by atoms with E-state index in [0.717, 1.165) is 4.90 Å². The van der Waals surface area contributed by atoms with Crippen molar-refractivity contribution in [1.29, 1.82) is 0 Å². The van der Waals surface area contributed by atoms with Crippen molar-refractivity contribution in [3.8, 4) is 0 Å². The van der Waals surface area contributed by atoms with Crippen molar-refractivity contribution in [2.75, 3.05) is 26.3 Å². The van der Waals surface area contributed by atoms with Crippen molar-refractivity contribution in [1.82, 2.24) is 14.5 Å². The molecule has 2 aliphatic rings. The number of urea groups is 1. The largest absolute Gasteiger partial charge is 0.466 e. The molecule has 3 heterocycles. The van der Waals surface area contributed by atoms with Crippen LogP contribution in [-0.4, -0.2) is 55.9 Å². The van der Waals surface area contributed by atoms with Gasteiger partial charge in [-0.1, -0.05) is 12.1 Å². The Morgan fingerprint density at radius 3 is 2.59 bits per heavy atom. The average Bonchev–Trinajstić information content (AvgIpc) is 3.34. The maximum Gasteiger partial charge on any atom is 0.325 e. The molecule has 1 N–H and O–H groups in total. The van der Waals surface area contributed by atoms with E-state index in [9.17, 15) is 18.0 Å². The predicted molar refractivity (Wildman–Crippen MR) is 101 cm³/mol. The minimum Gasteiger partial charge on any atom is -0.466 e. The number of nitrogens with one attached hydrogen (secondary N) is 1. The average molecular weight is 419 g/mol. The number of ether oxygens (including phenoxy) is 1. The Kier molecular flexibility index (Phi) is 4.93. The van der Waals surface area contributed by atoms with Gasteiger partial charge < -0.3 is 14.5 Å². The molecule has 1 atom stereocenters. The van der Waals surface area contributed by atoms with Gasteiger partial charge in [0.15, 0.2) is 5.54 Å². The van der Waals surface area contributed by atoms with E-state index in [0.29, 0.717) is 37.6 Å². The fraction of sp³-hybridized carbons (Fsp3) is 0.368. The molecular formula is C19H21N3O6S. The summed E-state index contributed by atoms with van der Waals surface area (Å²) in [6.07, 6.45) is 1.43. The maximum atomic E-state index is 12.9. The number of carbonyl (C=O) groups excluding carboxylic acids is 2. The number of hydrogen-bond donors (Lipinski definition) is 1. The Bertz CT molecular complexity index is 1030. The van der Waals surface area contributed by atoms with Crippen LogP contribution < -0.4 is 5.32 Å². The van der Waals surface area contributed by atoms with E-state index in [2.05, 4.69) is 5.32 Å². The fourth-order valence-corrected chi connectivity index (χ4v) is 4.97. The van der Waals surface area contributed by atoms with Gasteiger partial charge >= 0.3 is 6.03 Å². The van der Waals surface area contributed by atoms with Crippen LogP contribution in [0.4, 0.5) is 4.79 Å². The number of benzene rings is 1. The zero-order chi connectivity index (χ0) is 20.6. The topological polar surface area (TPSA) is 109 Å². The van der Waals surface area contributed by atoms with Crippen molar-refractivity contribution in [2.45, 2.75) is 23.9 Å². The van der Waals surface area contributed by atoms with Gasteiger partial charge in [-0.25, -0.2) is 13.2 Å². The van der Waals surface area contributed by atoms with E-state index >= 15 is 0 Å². The molecule has 154 valence electrons. The number of furan rings is 1. The van der Waals surface area contributed by atoms with Crippen molar-refractivity contribution >= 4 is 22.0 Å². The van der Waals surface area contributed by atoms with Gasteiger partial charge in [-0.05, 0) is 36.8 Å². The third-order valence-electron chi connectivity index (χ3n) is 5.14. The van der Waals surface area contributed by atoms with Crippen LogP contribution in [0.2, 0.25) is 0 Å². The number of rotatable bonds is 5. The monoisotopic (exact) mass is 419 g/mol. The standard InChI is InChI=1S/C19H21N3O6S/c1-19(16-6-3-9-28-16)17(23)22(18(24)20-19)13-14-4-2-5-15(12-14)29(25,26)21-7-10-27-11-8-21/h2-6,9,12H,7-8,10-11,13H2,1H3,(H,20,24). The quantitative estimate of drug-likeness (QED) is 0.731. The summed E-state index contributed by atoms with van der Waals surface area (Å²) in [5.41, 5.74) is -0.760. The number of morpholine rings is 1. The smallest absolute Gasteiger partial charge is 0.325 e. The molecular weight excluding hydrogens is 398 g/mol. The molecule has 0 spiro atoms. The van der Waals surface area contributed by atoms with Crippen molar-refractivity contribution in [3.63, 3.8) is 0 Å². The molecule has 3 amide bonds. The maximum absolute atomic E-state index is 12.9. The lowest BCUT2D eigenvalue weighted by molar-refractivity contribution is -0.132. The van der Waals surface area contributed by atoms with Crippen LogP contribution in [0.3, 0.4) is 0 Å². The molecule has 0 aliphatic carbocycles. The van der Waals surface area contributed by atoms with E-state index in [4.69, 9.17) is 9.15 Å². The highest BCUT2D eigenvalue weighted by Gasteiger charge is 2.50. The van der Waals surface area contributed by atoms with Gasteiger partial charge in [0.05, 0.1) is 30.9 Å². The molecule has 1 aromatic heterocycles. The van der Waals surface area contributed by atoms with Gasteiger partial charge in [0.2, 0.25) is 10.0 Å². The van der Waals surface area contributed by atoms with Crippen LogP contribution >= 0.6 is 0 Å². The first-order chi connectivity index (χ1) is 13.8. The highest BCUT2D eigenvalue weighted by molar-refractivity contribution is 7.89. The first-order valence-electron chi connectivity index (χ1n) is 9.17. The summed E-state index contributed by atoms with van der Waals surface area (Å²) in [7, 11) is -3.67. The molecule has 10 heteroatoms. The van der Waals surface area contributed by atoms with Crippen LogP contribution in [0.5, 0.6) is 0 Å². The number of hydrogen-bond acceptors (Lipinski definition) is 6. The summed E-state index contributed by atoms with van der Waals surface area (Å²) in [6, 6.07) is 8.99. The molecule has 0 bridgehead atoms. The van der Waals surface area contributed by atoms with Crippen LogP contribution in [-0.2, 0) is 31.6 Å². The fourth-order valence-electron chi connectivity index (χ4n) is 3.49. The molecule has 1 aromatic carbocycles. The summed E-state index contributed by atoms with van der Waals surface area (Å²) < 4.78 is 37.6. The summed E-state index contributed by atoms with van der Waals surface area (Å²) in [6.45, 7) is 2.82. The van der Waals surface area contributed by atoms with Crippen LogP contribution in [0.25, 0.3) is 0 Å². The Morgan fingerprint density at radius 1 is 1.14 bits per heavy atom. The molecule has 2 saturated heterocycles. The Labute approximate surface area is 168 Å². The zero-order valence-corrected chi connectivity index (χ0v) is 16.6. The number of carbonyl (C=O) groups is 2. The number of imide groups is 1. The highest BCUT2D eigenvalue weighted by atomic mass is 32.2. The second kappa shape index (κ2) is 7.29. The lowest BCUT2D eigenvalue weighted by atomic mass is 9.99. The van der Waals surface area contributed by atoms with Gasteiger partial charge in [0.25, 0.3) is 5.91 Å². The van der Waals surface area contributed by atoms with Crippen LogP contribution in [0.1, 0.15) is 18.2 Å². The molecule has 2 aromatic rings. The molecule has 1 unspecified atom stereocenters. The molecule has 29 heavy (non-hydrogen) atoms. The van der Waals surface area contributed by atoms with Gasteiger partial charge in [0, 0.05) is 13.1 Å². The Morgan fingerprint density at radius 2 is 1.90 bits per heavy atom. The highest BCUT2D eigenvalue weighted by Crippen LogP contribution is 2.30. The third kappa shape index (κ3) is 3.43. The van der Waals surface area contributed by atoms with Crippen molar-refractivity contribution < 1.29 is 27.2 Å². The molecule has 2 aliphatic heterocycles. The molecule has 0 saturated carbocycles. The van der Waals surface area contributed by atoms with Gasteiger partial charge in [0.1, 0.15) is 5.76 Å². The number of sulfonamides is 1. The lowest BCUT2D eigenvalue weighted by Gasteiger charge is -2.26. The van der Waals surface area contributed by atoms with Crippen LogP contribution in [0.15, 0.2) is 52.0 Å². The second-order valence-corrected chi connectivity index (χ2v) is 9.03. The number of amides is 3. The number of nitrogens with zero attached hydrogens (tertiary/aromatic N) is 2. The summed E-state index contributed by atoms with van der Waals surface area (Å²) in [5.74, 6) is -0.124. The van der Waals surface area contributed by atoms with E-state index in [-0.39, 0.29) is 11.4 Å². The Hall–Kier alpha value is -2.69. The predicted octanol–water partition coefficient (Wildman–Crippen LogP) is 1.27. The first-order valence-corrected chi connectivity index (χ1v) is 10.6. The normalized spacial score (nSPS) is 23.4. The second-order valence-electron chi connectivity index (χ2n) is 7.09. The summed E-state index contributed by atoms with van der Waals surface area (Å²) >= 11 is 0. The van der Waals surface area contributed by atoms with E-state index < -0.39 is 27.5 Å². The van der Waals surface area contributed by atoms with Gasteiger partial charge in [-0.2, -0.15) is 4.31 Å². The van der Waals surface area contributed by atoms with Gasteiger partial charge in [-0.3, -0.25) is 9.69 Å². The Balaban J connectivity index is 1.57. The lowest BCUT2D eigenvalue weighted by Crippen LogP contribution is -2.40. The molecule has 9 nitrogen and oxygen atoms in total. The molecule has 4 rings (SSSR count).